The Bertz CT molecular complexity index is 2200. The molecular weight excluding hydrogens is 697 g/mol. The first-order chi connectivity index (χ1) is 25.5. The molecule has 54 heavy (non-hydrogen) atoms. The summed E-state index contributed by atoms with van der Waals surface area (Å²) in [6, 6.07) is 27.7. The molecule has 4 aromatic rings. The summed E-state index contributed by atoms with van der Waals surface area (Å²) in [5.41, 5.74) is 6.12. The van der Waals surface area contributed by atoms with Crippen molar-refractivity contribution < 1.29 is 26.3 Å². The average Bonchev–Trinajstić information content (AvgIpc) is 3.72. The SMILES string of the molecule is CCN1/C(=C/C=C2\CCC(/C=C/C3=Nc4ccc(C(F)(F)F)cc4C3(C)C)=C2N(c2ccccc2)c2ccccc2)C(C)(C)c2cc(C(F)(F)F)ccc21. The van der Waals surface area contributed by atoms with Gasteiger partial charge in [-0.05, 0) is 115 Å². The van der Waals surface area contributed by atoms with Crippen LogP contribution in [0, 0.1) is 0 Å². The molecule has 0 radical (unpaired) electrons. The third-order valence-corrected chi connectivity index (χ3v) is 10.8. The Morgan fingerprint density at radius 1 is 0.685 bits per heavy atom. The largest absolute Gasteiger partial charge is 0.416 e. The number of rotatable bonds is 7. The van der Waals surface area contributed by atoms with Crippen molar-refractivity contribution in [2.24, 2.45) is 4.99 Å². The lowest BCUT2D eigenvalue weighted by molar-refractivity contribution is -0.138. The van der Waals surface area contributed by atoms with Crippen molar-refractivity contribution in [1.82, 2.24) is 0 Å². The molecule has 1 aliphatic carbocycles. The minimum absolute atomic E-state index is 0.527. The van der Waals surface area contributed by atoms with E-state index in [1.54, 1.807) is 6.07 Å². The maximum Gasteiger partial charge on any atom is 0.416 e. The van der Waals surface area contributed by atoms with E-state index in [-0.39, 0.29) is 0 Å². The van der Waals surface area contributed by atoms with Crippen LogP contribution in [0.15, 0.2) is 149 Å². The second-order valence-electron chi connectivity index (χ2n) is 14.9. The van der Waals surface area contributed by atoms with E-state index in [1.165, 1.54) is 18.2 Å². The number of anilines is 3. The lowest BCUT2D eigenvalue weighted by atomic mass is 9.80. The van der Waals surface area contributed by atoms with Crippen molar-refractivity contribution in [1.29, 1.82) is 0 Å². The van der Waals surface area contributed by atoms with Gasteiger partial charge in [-0.3, -0.25) is 4.99 Å². The fourth-order valence-corrected chi connectivity index (χ4v) is 7.90. The Labute approximate surface area is 312 Å². The second-order valence-corrected chi connectivity index (χ2v) is 14.9. The molecule has 0 unspecified atom stereocenters. The van der Waals surface area contributed by atoms with E-state index in [0.29, 0.717) is 41.9 Å². The highest BCUT2D eigenvalue weighted by Crippen LogP contribution is 2.50. The Kier molecular flexibility index (Phi) is 9.27. The average molecular weight is 738 g/mol. The summed E-state index contributed by atoms with van der Waals surface area (Å²) in [5.74, 6) is 0. The quantitative estimate of drug-likeness (QED) is 0.176. The van der Waals surface area contributed by atoms with Crippen LogP contribution in [0.2, 0.25) is 0 Å². The highest BCUT2D eigenvalue weighted by Gasteiger charge is 2.42. The number of hydrogen-bond donors (Lipinski definition) is 0. The zero-order valence-electron chi connectivity index (χ0n) is 30.8. The van der Waals surface area contributed by atoms with Gasteiger partial charge >= 0.3 is 12.4 Å². The Hall–Kier alpha value is -5.31. The lowest BCUT2D eigenvalue weighted by Gasteiger charge is -2.29. The Balaban J connectivity index is 1.35. The summed E-state index contributed by atoms with van der Waals surface area (Å²) in [6.07, 6.45) is 0.570. The maximum atomic E-state index is 13.8. The first-order valence-corrected chi connectivity index (χ1v) is 18.0. The van der Waals surface area contributed by atoms with Crippen LogP contribution in [0.25, 0.3) is 0 Å². The van der Waals surface area contributed by atoms with Crippen molar-refractivity contribution in [3.05, 3.63) is 166 Å². The Morgan fingerprint density at radius 3 is 1.83 bits per heavy atom. The second kappa shape index (κ2) is 13.5. The third kappa shape index (κ3) is 6.58. The van der Waals surface area contributed by atoms with E-state index in [0.717, 1.165) is 51.7 Å². The van der Waals surface area contributed by atoms with Crippen LogP contribution in [0.5, 0.6) is 0 Å². The van der Waals surface area contributed by atoms with Gasteiger partial charge in [-0.2, -0.15) is 26.3 Å². The summed E-state index contributed by atoms with van der Waals surface area (Å²) in [5, 5.41) is 0. The zero-order chi connectivity index (χ0) is 38.6. The van der Waals surface area contributed by atoms with Crippen molar-refractivity contribution in [3.63, 3.8) is 0 Å². The van der Waals surface area contributed by atoms with E-state index < -0.39 is 34.3 Å². The standard InChI is InChI=1S/C45H41F6N3/c1-6-53-38-24-22-32(45(49,50)51)28-36(38)43(4,5)40(53)26-20-30-18-17-29(41(30)54(33-13-9-7-10-14-33)34-15-11-8-12-16-34)19-25-39-42(2,3)35-27-31(44(46,47)48)21-23-37(35)52-39/h7-16,19-28H,6,17-18H2,1-5H3/b25-19+,30-20+,40-26+. The van der Waals surface area contributed by atoms with Gasteiger partial charge in [0.25, 0.3) is 0 Å². The molecular formula is C45H41F6N3. The number of hydrogen-bond acceptors (Lipinski definition) is 3. The molecule has 0 N–H and O–H groups in total. The number of halogens is 6. The third-order valence-electron chi connectivity index (χ3n) is 10.8. The van der Waals surface area contributed by atoms with Gasteiger partial charge in [0.05, 0.1) is 28.2 Å². The molecule has 7 rings (SSSR count). The normalized spacial score (nSPS) is 19.2. The first-order valence-electron chi connectivity index (χ1n) is 18.0. The van der Waals surface area contributed by atoms with Gasteiger partial charge in [-0.1, -0.05) is 76.2 Å². The van der Waals surface area contributed by atoms with E-state index in [2.05, 4.69) is 15.9 Å². The molecule has 0 aromatic heterocycles. The van der Waals surface area contributed by atoms with Gasteiger partial charge in [0.2, 0.25) is 0 Å². The summed E-state index contributed by atoms with van der Waals surface area (Å²) in [4.78, 5) is 9.08. The summed E-state index contributed by atoms with van der Waals surface area (Å²) < 4.78 is 82.4. The number of benzene rings is 4. The van der Waals surface area contributed by atoms with Crippen LogP contribution < -0.4 is 9.80 Å². The molecule has 2 aliphatic heterocycles. The van der Waals surface area contributed by atoms with Crippen molar-refractivity contribution in [3.8, 4) is 0 Å². The van der Waals surface area contributed by atoms with E-state index in [9.17, 15) is 26.3 Å². The van der Waals surface area contributed by atoms with Crippen LogP contribution in [-0.4, -0.2) is 12.3 Å². The molecule has 0 amide bonds. The minimum atomic E-state index is -4.46. The topological polar surface area (TPSA) is 18.8 Å². The van der Waals surface area contributed by atoms with Crippen LogP contribution in [0.1, 0.15) is 69.7 Å². The predicted molar refractivity (Wildman–Crippen MR) is 206 cm³/mol. The highest BCUT2D eigenvalue weighted by atomic mass is 19.4. The summed E-state index contributed by atoms with van der Waals surface area (Å²) in [7, 11) is 0. The molecule has 0 atom stereocenters. The number of aliphatic imine (C=N–C) groups is 1. The van der Waals surface area contributed by atoms with Crippen molar-refractivity contribution >= 4 is 28.5 Å². The number of para-hydroxylation sites is 2. The predicted octanol–water partition coefficient (Wildman–Crippen LogP) is 13.2. The number of alkyl halides is 6. The van der Waals surface area contributed by atoms with Gasteiger partial charge in [-0.15, -0.1) is 0 Å². The van der Waals surface area contributed by atoms with Crippen LogP contribution in [0.4, 0.5) is 49.1 Å². The van der Waals surface area contributed by atoms with Crippen LogP contribution in [0.3, 0.4) is 0 Å². The zero-order valence-corrected chi connectivity index (χ0v) is 30.8. The van der Waals surface area contributed by atoms with Crippen molar-refractivity contribution in [2.75, 3.05) is 16.3 Å². The number of allylic oxidation sites excluding steroid dienone is 7. The highest BCUT2D eigenvalue weighted by molar-refractivity contribution is 6.08. The van der Waals surface area contributed by atoms with Gasteiger partial charge in [0.1, 0.15) is 0 Å². The van der Waals surface area contributed by atoms with Crippen LogP contribution >= 0.6 is 0 Å². The fourth-order valence-electron chi connectivity index (χ4n) is 7.90. The molecule has 4 aromatic carbocycles. The molecule has 0 saturated heterocycles. The molecule has 2 heterocycles. The monoisotopic (exact) mass is 737 g/mol. The summed E-state index contributed by atoms with van der Waals surface area (Å²) >= 11 is 0. The smallest absolute Gasteiger partial charge is 0.344 e. The molecule has 3 nitrogen and oxygen atoms in total. The number of fused-ring (bicyclic) bond motifs is 2. The maximum absolute atomic E-state index is 13.8. The Morgan fingerprint density at radius 2 is 1.26 bits per heavy atom. The molecule has 278 valence electrons. The lowest BCUT2D eigenvalue weighted by Crippen LogP contribution is -2.25. The molecule has 9 heteroatoms. The van der Waals surface area contributed by atoms with Crippen molar-refractivity contribution in [2.45, 2.75) is 70.6 Å². The fraction of sp³-hybridized carbons (Fsp3) is 0.267. The molecule has 0 bridgehead atoms. The van der Waals surface area contributed by atoms with E-state index in [4.69, 9.17) is 4.99 Å². The number of likely N-dealkylation sites (N-methyl/N-ethyl adjacent to an activating group) is 1. The van der Waals surface area contributed by atoms with E-state index >= 15 is 0 Å². The summed E-state index contributed by atoms with van der Waals surface area (Å²) in [6.45, 7) is 10.3. The van der Waals surface area contributed by atoms with Gasteiger partial charge in [0.15, 0.2) is 0 Å². The molecule has 0 spiro atoms. The van der Waals surface area contributed by atoms with Gasteiger partial charge < -0.3 is 9.80 Å². The molecule has 0 fully saturated rings. The van der Waals surface area contributed by atoms with Gasteiger partial charge in [-0.25, -0.2) is 0 Å². The number of nitrogens with zero attached hydrogens (tertiary/aromatic N) is 3. The van der Waals surface area contributed by atoms with E-state index in [1.807, 2.05) is 114 Å². The van der Waals surface area contributed by atoms with Gasteiger partial charge in [0, 0.05) is 40.1 Å². The first kappa shape index (κ1) is 37.0. The molecule has 3 aliphatic rings. The molecule has 0 saturated carbocycles. The minimum Gasteiger partial charge on any atom is -0.344 e. The van der Waals surface area contributed by atoms with Crippen LogP contribution in [-0.2, 0) is 23.2 Å².